The summed E-state index contributed by atoms with van der Waals surface area (Å²) in [6.45, 7) is 3.36. The second-order valence-electron chi connectivity index (χ2n) is 6.77. The zero-order valence-corrected chi connectivity index (χ0v) is 16.1. The number of hydrogen-bond acceptors (Lipinski definition) is 5. The molecule has 1 unspecified atom stereocenters. The van der Waals surface area contributed by atoms with Crippen LogP contribution in [0.2, 0.25) is 0 Å². The molecular weight excluding hydrogens is 334 g/mol. The molecule has 1 aromatic carbocycles. The molecule has 0 fully saturated rings. The first-order chi connectivity index (χ1) is 12.4. The van der Waals surface area contributed by atoms with E-state index in [0.29, 0.717) is 37.4 Å². The van der Waals surface area contributed by atoms with Crippen molar-refractivity contribution in [1.82, 2.24) is 9.80 Å². The number of rotatable bonds is 7. The number of nitrogens with zero attached hydrogens (tertiary/aromatic N) is 3. The summed E-state index contributed by atoms with van der Waals surface area (Å²) in [5, 5.41) is 9.16. The summed E-state index contributed by atoms with van der Waals surface area (Å²) in [5.74, 6) is 0.647. The van der Waals surface area contributed by atoms with Crippen molar-refractivity contribution in [2.24, 2.45) is 0 Å². The van der Waals surface area contributed by atoms with Crippen molar-refractivity contribution in [3.63, 3.8) is 0 Å². The minimum Gasteiger partial charge on any atom is -0.489 e. The molecular formula is C19H29N3O4. The predicted octanol–water partition coefficient (Wildman–Crippen LogP) is 1.21. The number of benzene rings is 1. The molecule has 26 heavy (non-hydrogen) atoms. The highest BCUT2D eigenvalue weighted by molar-refractivity contribution is 5.95. The summed E-state index contributed by atoms with van der Waals surface area (Å²) < 4.78 is 5.82. The fourth-order valence-corrected chi connectivity index (χ4v) is 3.08. The van der Waals surface area contributed by atoms with E-state index in [1.54, 1.807) is 31.1 Å². The van der Waals surface area contributed by atoms with Gasteiger partial charge in [0, 0.05) is 39.8 Å². The third kappa shape index (κ3) is 4.46. The van der Waals surface area contributed by atoms with Crippen LogP contribution < -0.4 is 9.64 Å². The lowest BCUT2D eigenvalue weighted by molar-refractivity contribution is -0.132. The fraction of sp³-hybridized carbons (Fsp3) is 0.579. The maximum absolute atomic E-state index is 12.6. The second-order valence-corrected chi connectivity index (χ2v) is 6.77. The first-order valence-corrected chi connectivity index (χ1v) is 8.99. The number of anilines is 1. The van der Waals surface area contributed by atoms with Gasteiger partial charge in [-0.25, -0.2) is 0 Å². The Hall–Kier alpha value is -2.28. The first kappa shape index (κ1) is 20.0. The standard InChI is InChI=1S/C19H29N3O4/c1-5-8-22(9-10-23)18(24)12-15-13-26-17-7-6-14(19(25)20(2)3)11-16(17)21(15)4/h6-7,11,15,23H,5,8-10,12-13H2,1-4H3. The quantitative estimate of drug-likeness (QED) is 0.788. The molecule has 0 saturated carbocycles. The van der Waals surface area contributed by atoms with Gasteiger partial charge >= 0.3 is 0 Å². The molecule has 1 heterocycles. The summed E-state index contributed by atoms with van der Waals surface area (Å²) in [4.78, 5) is 30.0. The summed E-state index contributed by atoms with van der Waals surface area (Å²) in [5.41, 5.74) is 1.40. The molecule has 1 atom stereocenters. The molecule has 2 amide bonds. The highest BCUT2D eigenvalue weighted by Gasteiger charge is 2.29. The van der Waals surface area contributed by atoms with Gasteiger partial charge in [-0.15, -0.1) is 0 Å². The number of aliphatic hydroxyl groups is 1. The molecule has 0 bridgehead atoms. The van der Waals surface area contributed by atoms with E-state index < -0.39 is 0 Å². The maximum atomic E-state index is 12.6. The predicted molar refractivity (Wildman–Crippen MR) is 101 cm³/mol. The minimum absolute atomic E-state index is 0.00493. The van der Waals surface area contributed by atoms with Crippen LogP contribution in [0.1, 0.15) is 30.1 Å². The average molecular weight is 363 g/mol. The lowest BCUT2D eigenvalue weighted by atomic mass is 10.1. The van der Waals surface area contributed by atoms with Crippen LogP contribution in [0.5, 0.6) is 5.75 Å². The molecule has 7 heteroatoms. The molecule has 0 spiro atoms. The molecule has 0 aromatic heterocycles. The van der Waals surface area contributed by atoms with Gasteiger partial charge < -0.3 is 24.5 Å². The molecule has 1 aromatic rings. The van der Waals surface area contributed by atoms with Crippen LogP contribution in [0.15, 0.2) is 18.2 Å². The molecule has 1 aliphatic rings. The van der Waals surface area contributed by atoms with E-state index in [2.05, 4.69) is 0 Å². The van der Waals surface area contributed by atoms with E-state index >= 15 is 0 Å². The zero-order chi connectivity index (χ0) is 19.3. The Kier molecular flexibility index (Phi) is 6.85. The lowest BCUT2D eigenvalue weighted by Gasteiger charge is -2.36. The first-order valence-electron chi connectivity index (χ1n) is 8.99. The Morgan fingerprint density at radius 3 is 2.65 bits per heavy atom. The largest absolute Gasteiger partial charge is 0.489 e. The summed E-state index contributed by atoms with van der Waals surface area (Å²) in [7, 11) is 5.35. The fourth-order valence-electron chi connectivity index (χ4n) is 3.08. The number of hydrogen-bond donors (Lipinski definition) is 1. The Balaban J connectivity index is 2.15. The Bertz CT molecular complexity index is 642. The number of ether oxygens (including phenoxy) is 1. The highest BCUT2D eigenvalue weighted by atomic mass is 16.5. The number of aliphatic hydroxyl groups excluding tert-OH is 1. The maximum Gasteiger partial charge on any atom is 0.253 e. The smallest absolute Gasteiger partial charge is 0.253 e. The molecule has 0 radical (unpaired) electrons. The van der Waals surface area contributed by atoms with Gasteiger partial charge in [-0.2, -0.15) is 0 Å². The van der Waals surface area contributed by atoms with Crippen LogP contribution in [0.25, 0.3) is 0 Å². The molecule has 144 valence electrons. The molecule has 1 N–H and O–H groups in total. The Labute approximate surface area is 155 Å². The van der Waals surface area contributed by atoms with Crippen LogP contribution in [-0.2, 0) is 4.79 Å². The number of fused-ring (bicyclic) bond motifs is 1. The number of carbonyl (C=O) groups is 2. The topological polar surface area (TPSA) is 73.3 Å². The summed E-state index contributed by atoms with van der Waals surface area (Å²) in [6.07, 6.45) is 1.16. The second kappa shape index (κ2) is 8.89. The van der Waals surface area contributed by atoms with Crippen molar-refractivity contribution >= 4 is 17.5 Å². The number of amides is 2. The van der Waals surface area contributed by atoms with E-state index in [-0.39, 0.29) is 24.5 Å². The number of carbonyl (C=O) groups excluding carboxylic acids is 2. The van der Waals surface area contributed by atoms with Gasteiger partial charge in [-0.05, 0) is 24.6 Å². The van der Waals surface area contributed by atoms with Gasteiger partial charge in [-0.1, -0.05) is 6.92 Å². The minimum atomic E-state index is -0.113. The normalized spacial score (nSPS) is 15.9. The van der Waals surface area contributed by atoms with Crippen molar-refractivity contribution in [2.75, 3.05) is 52.3 Å². The molecule has 1 aliphatic heterocycles. The zero-order valence-electron chi connectivity index (χ0n) is 16.1. The summed E-state index contributed by atoms with van der Waals surface area (Å²) in [6, 6.07) is 5.25. The van der Waals surface area contributed by atoms with Crippen LogP contribution in [0.3, 0.4) is 0 Å². The van der Waals surface area contributed by atoms with E-state index in [0.717, 1.165) is 12.1 Å². The van der Waals surface area contributed by atoms with Crippen molar-refractivity contribution in [2.45, 2.75) is 25.8 Å². The third-order valence-corrected chi connectivity index (χ3v) is 4.60. The van der Waals surface area contributed by atoms with Crippen molar-refractivity contribution in [1.29, 1.82) is 0 Å². The average Bonchev–Trinajstić information content (AvgIpc) is 2.62. The van der Waals surface area contributed by atoms with Crippen LogP contribution >= 0.6 is 0 Å². The van der Waals surface area contributed by atoms with Gasteiger partial charge in [0.2, 0.25) is 5.91 Å². The van der Waals surface area contributed by atoms with Gasteiger partial charge in [0.25, 0.3) is 5.91 Å². The van der Waals surface area contributed by atoms with Crippen LogP contribution in [-0.4, -0.2) is 80.2 Å². The van der Waals surface area contributed by atoms with Crippen molar-refractivity contribution < 1.29 is 19.4 Å². The van der Waals surface area contributed by atoms with Crippen molar-refractivity contribution in [3.05, 3.63) is 23.8 Å². The molecule has 0 aliphatic carbocycles. The summed E-state index contributed by atoms with van der Waals surface area (Å²) >= 11 is 0. The van der Waals surface area contributed by atoms with Gasteiger partial charge in [0.05, 0.1) is 24.8 Å². The molecule has 2 rings (SSSR count). The molecule has 0 saturated heterocycles. The lowest BCUT2D eigenvalue weighted by Crippen LogP contribution is -2.45. The van der Waals surface area contributed by atoms with Crippen LogP contribution in [0.4, 0.5) is 5.69 Å². The monoisotopic (exact) mass is 363 g/mol. The Morgan fingerprint density at radius 1 is 1.31 bits per heavy atom. The van der Waals surface area contributed by atoms with E-state index in [1.807, 2.05) is 24.9 Å². The van der Waals surface area contributed by atoms with Gasteiger partial charge in [-0.3, -0.25) is 9.59 Å². The van der Waals surface area contributed by atoms with Gasteiger partial charge in [0.15, 0.2) is 0 Å². The van der Waals surface area contributed by atoms with Crippen LogP contribution in [0, 0.1) is 0 Å². The number of likely N-dealkylation sites (N-methyl/N-ethyl adjacent to an activating group) is 1. The van der Waals surface area contributed by atoms with Crippen molar-refractivity contribution in [3.8, 4) is 5.75 Å². The Morgan fingerprint density at radius 2 is 2.04 bits per heavy atom. The van der Waals surface area contributed by atoms with E-state index in [9.17, 15) is 9.59 Å². The third-order valence-electron chi connectivity index (χ3n) is 4.60. The SMILES string of the molecule is CCCN(CCO)C(=O)CC1COc2ccc(C(=O)N(C)C)cc2N1C. The van der Waals surface area contributed by atoms with E-state index in [4.69, 9.17) is 9.84 Å². The van der Waals surface area contributed by atoms with Gasteiger partial charge in [0.1, 0.15) is 12.4 Å². The van der Waals surface area contributed by atoms with E-state index in [1.165, 1.54) is 4.90 Å². The highest BCUT2D eigenvalue weighted by Crippen LogP contribution is 2.34. The molecule has 7 nitrogen and oxygen atoms in total.